The molecule has 2 aromatic heterocycles. The number of hydrogen-bond acceptors (Lipinski definition) is 6. The summed E-state index contributed by atoms with van der Waals surface area (Å²) < 4.78 is 0. The van der Waals surface area contributed by atoms with Crippen LogP contribution in [0.3, 0.4) is 0 Å². The first-order valence-electron chi connectivity index (χ1n) is 13.3. The Kier molecular flexibility index (Phi) is 9.74. The van der Waals surface area contributed by atoms with Crippen molar-refractivity contribution >= 4 is 45.6 Å². The van der Waals surface area contributed by atoms with Crippen LogP contribution in [0.5, 0.6) is 0 Å². The van der Waals surface area contributed by atoms with E-state index in [1.165, 1.54) is 39.8 Å². The number of carbonyl (C=O) groups is 2. The van der Waals surface area contributed by atoms with Crippen molar-refractivity contribution in [2.24, 2.45) is 0 Å². The fraction of sp³-hybridized carbons (Fsp3) is 0.250. The van der Waals surface area contributed by atoms with Gasteiger partial charge in [-0.2, -0.15) is 11.3 Å². The van der Waals surface area contributed by atoms with Crippen LogP contribution in [0.4, 0.5) is 4.79 Å². The highest BCUT2D eigenvalue weighted by Crippen LogP contribution is 2.27. The van der Waals surface area contributed by atoms with Crippen molar-refractivity contribution in [3.63, 3.8) is 0 Å². The van der Waals surface area contributed by atoms with Gasteiger partial charge in [0.15, 0.2) is 0 Å². The smallest absolute Gasteiger partial charge is 0.345 e. The van der Waals surface area contributed by atoms with E-state index < -0.39 is 5.97 Å². The van der Waals surface area contributed by atoms with Gasteiger partial charge in [0, 0.05) is 58.8 Å². The van der Waals surface area contributed by atoms with Crippen molar-refractivity contribution in [2.75, 3.05) is 25.4 Å². The maximum Gasteiger partial charge on any atom is 0.345 e. The molecular weight excluding hydrogens is 557 g/mol. The number of aryl methyl sites for hydroxylation is 1. The Morgan fingerprint density at radius 3 is 2.62 bits per heavy atom. The predicted octanol–water partition coefficient (Wildman–Crippen LogP) is 7.53. The number of aromatic carboxylic acids is 1. The SMILES string of the molecule is O=C(O)c1ccc(CCN2C(=O)SCCN2CCCCc2cccc(C#Cc3cscc3-c3ccccc3)c2)s1. The van der Waals surface area contributed by atoms with Crippen LogP contribution < -0.4 is 0 Å². The lowest BCUT2D eigenvalue weighted by Gasteiger charge is -2.38. The Balaban J connectivity index is 1.13. The molecular formula is C32H30N2O3S3. The molecule has 1 aliphatic heterocycles. The monoisotopic (exact) mass is 586 g/mol. The summed E-state index contributed by atoms with van der Waals surface area (Å²) in [5.74, 6) is 6.62. The number of unbranched alkanes of at least 4 members (excludes halogenated alkanes) is 1. The standard InChI is InChI=1S/C32H30N2O3S3/c35-31(36)30-15-14-28(40-30)16-18-34-32(37)39-20-19-33(34)17-5-4-7-24-8-6-9-25(21-24)12-13-27-22-38-23-29(27)26-10-2-1-3-11-26/h1-3,6,8-11,14-15,21-23H,4-5,7,16-20H2,(H,35,36). The molecule has 0 unspecified atom stereocenters. The molecule has 5 nitrogen and oxygen atoms in total. The molecule has 1 N–H and O–H groups in total. The number of nitrogens with zero attached hydrogens (tertiary/aromatic N) is 2. The maximum atomic E-state index is 12.6. The molecule has 1 aliphatic rings. The highest BCUT2D eigenvalue weighted by atomic mass is 32.2. The van der Waals surface area contributed by atoms with Gasteiger partial charge in [0.1, 0.15) is 4.88 Å². The second-order valence-electron chi connectivity index (χ2n) is 9.48. The minimum atomic E-state index is -0.903. The van der Waals surface area contributed by atoms with Crippen molar-refractivity contribution in [1.82, 2.24) is 10.0 Å². The third kappa shape index (κ3) is 7.43. The predicted molar refractivity (Wildman–Crippen MR) is 166 cm³/mol. The van der Waals surface area contributed by atoms with Gasteiger partial charge in [-0.3, -0.25) is 9.80 Å². The average molecular weight is 587 g/mol. The molecule has 0 radical (unpaired) electrons. The first kappa shape index (κ1) is 28.2. The normalized spacial score (nSPS) is 13.7. The van der Waals surface area contributed by atoms with Gasteiger partial charge in [-0.25, -0.2) is 9.80 Å². The minimum absolute atomic E-state index is 0.0774. The number of carboxylic acid groups (broad SMARTS) is 1. The number of carbonyl (C=O) groups excluding carboxylic acids is 1. The molecule has 1 amide bonds. The van der Waals surface area contributed by atoms with E-state index in [0.29, 0.717) is 17.8 Å². The van der Waals surface area contributed by atoms with E-state index in [0.717, 1.165) is 54.1 Å². The number of hydrazine groups is 1. The van der Waals surface area contributed by atoms with Crippen molar-refractivity contribution in [3.8, 4) is 23.0 Å². The van der Waals surface area contributed by atoms with Crippen LogP contribution in [0, 0.1) is 11.8 Å². The molecule has 8 heteroatoms. The Labute approximate surface area is 247 Å². The number of thiophene rings is 2. The zero-order valence-corrected chi connectivity index (χ0v) is 24.5. The van der Waals surface area contributed by atoms with Gasteiger partial charge in [-0.15, -0.1) is 11.3 Å². The molecule has 0 saturated carbocycles. The van der Waals surface area contributed by atoms with Gasteiger partial charge < -0.3 is 5.11 Å². The number of carboxylic acids is 1. The van der Waals surface area contributed by atoms with Crippen LogP contribution in [0.25, 0.3) is 11.1 Å². The van der Waals surface area contributed by atoms with Crippen molar-refractivity contribution < 1.29 is 14.7 Å². The van der Waals surface area contributed by atoms with Crippen LogP contribution in [-0.4, -0.2) is 51.7 Å². The van der Waals surface area contributed by atoms with Crippen LogP contribution in [-0.2, 0) is 12.8 Å². The van der Waals surface area contributed by atoms with Crippen molar-refractivity contribution in [2.45, 2.75) is 25.7 Å². The van der Waals surface area contributed by atoms with Crippen molar-refractivity contribution in [3.05, 3.63) is 104 Å². The third-order valence-corrected chi connectivity index (χ3v) is 9.44. The van der Waals surface area contributed by atoms with Crippen molar-refractivity contribution in [1.29, 1.82) is 0 Å². The van der Waals surface area contributed by atoms with Crippen LogP contribution in [0.1, 0.15) is 44.1 Å². The Morgan fingerprint density at radius 1 is 0.925 bits per heavy atom. The maximum absolute atomic E-state index is 12.6. The molecule has 2 aromatic carbocycles. The molecule has 204 valence electrons. The Hall–Kier alpha value is -3.35. The molecule has 3 heterocycles. The first-order valence-corrected chi connectivity index (χ1v) is 16.0. The summed E-state index contributed by atoms with van der Waals surface area (Å²) in [4.78, 5) is 25.1. The number of rotatable bonds is 10. The highest BCUT2D eigenvalue weighted by Gasteiger charge is 2.26. The summed E-state index contributed by atoms with van der Waals surface area (Å²) in [6.45, 7) is 2.25. The average Bonchev–Trinajstić information content (AvgIpc) is 3.65. The van der Waals surface area contributed by atoms with Gasteiger partial charge in [0.25, 0.3) is 5.24 Å². The van der Waals surface area contributed by atoms with Gasteiger partial charge >= 0.3 is 5.97 Å². The third-order valence-electron chi connectivity index (χ3n) is 6.72. The molecule has 0 spiro atoms. The molecule has 1 saturated heterocycles. The zero-order valence-electron chi connectivity index (χ0n) is 22.0. The Morgan fingerprint density at radius 2 is 1.80 bits per heavy atom. The number of thioether (sulfide) groups is 1. The second-order valence-corrected chi connectivity index (χ2v) is 12.4. The van der Waals surface area contributed by atoms with E-state index in [2.05, 4.69) is 76.1 Å². The largest absolute Gasteiger partial charge is 0.477 e. The molecule has 0 atom stereocenters. The quantitative estimate of drug-likeness (QED) is 0.154. The van der Waals surface area contributed by atoms with Crippen LogP contribution in [0.2, 0.25) is 0 Å². The van der Waals surface area contributed by atoms with Gasteiger partial charge in [-0.05, 0) is 60.0 Å². The number of benzene rings is 2. The second kappa shape index (κ2) is 13.8. The van der Waals surface area contributed by atoms with E-state index in [-0.39, 0.29) is 5.24 Å². The summed E-state index contributed by atoms with van der Waals surface area (Å²) in [5, 5.41) is 17.5. The van der Waals surface area contributed by atoms with E-state index in [1.807, 2.05) is 17.1 Å². The molecule has 4 aromatic rings. The number of hydrogen-bond donors (Lipinski definition) is 1. The van der Waals surface area contributed by atoms with Gasteiger partial charge in [0.2, 0.25) is 0 Å². The summed E-state index contributed by atoms with van der Waals surface area (Å²) in [6.07, 6.45) is 3.64. The summed E-state index contributed by atoms with van der Waals surface area (Å²) in [7, 11) is 0. The number of amides is 1. The molecule has 0 bridgehead atoms. The zero-order chi connectivity index (χ0) is 27.7. The van der Waals surface area contributed by atoms with E-state index in [4.69, 9.17) is 5.11 Å². The highest BCUT2D eigenvalue weighted by molar-refractivity contribution is 8.13. The first-order chi connectivity index (χ1) is 19.6. The van der Waals surface area contributed by atoms with E-state index in [9.17, 15) is 9.59 Å². The van der Waals surface area contributed by atoms with E-state index in [1.54, 1.807) is 17.4 Å². The molecule has 0 aliphatic carbocycles. The molecule has 5 rings (SSSR count). The van der Waals surface area contributed by atoms with Gasteiger partial charge in [0.05, 0.1) is 0 Å². The van der Waals surface area contributed by atoms with Crippen LogP contribution in [0.15, 0.2) is 77.5 Å². The topological polar surface area (TPSA) is 60.9 Å². The van der Waals surface area contributed by atoms with Crippen LogP contribution >= 0.6 is 34.4 Å². The summed E-state index contributed by atoms with van der Waals surface area (Å²) in [6, 6.07) is 22.3. The summed E-state index contributed by atoms with van der Waals surface area (Å²) in [5.41, 5.74) is 5.72. The fourth-order valence-electron chi connectivity index (χ4n) is 4.66. The lowest BCUT2D eigenvalue weighted by atomic mass is 10.0. The molecule has 1 fully saturated rings. The van der Waals surface area contributed by atoms with E-state index >= 15 is 0 Å². The summed E-state index contributed by atoms with van der Waals surface area (Å²) >= 11 is 4.32. The lowest BCUT2D eigenvalue weighted by Crippen LogP contribution is -2.50. The van der Waals surface area contributed by atoms with Gasteiger partial charge in [-0.1, -0.05) is 66.1 Å². The molecule has 40 heavy (non-hydrogen) atoms. The fourth-order valence-corrected chi connectivity index (χ4v) is 7.12. The minimum Gasteiger partial charge on any atom is -0.477 e. The lowest BCUT2D eigenvalue weighted by molar-refractivity contribution is 0.0270. The Bertz CT molecular complexity index is 1520.